The Balaban J connectivity index is 0.000000845. The number of nitrogen functional groups attached to an aromatic ring is 1. The minimum atomic E-state index is 0. The van der Waals surface area contributed by atoms with Gasteiger partial charge in [-0.05, 0) is 12.1 Å². The molecule has 0 fully saturated rings. The number of nitrogens with two attached hydrogens (primary N) is 1. The number of anilines is 1. The molecule has 1 aromatic heterocycles. The molecule has 0 aliphatic rings. The predicted molar refractivity (Wildman–Crippen MR) is 60.0 cm³/mol. The lowest BCUT2D eigenvalue weighted by atomic mass is 10.2. The largest absolute Gasteiger partial charge is 0.397 e. The zero-order chi connectivity index (χ0) is 8.72. The molecule has 0 aliphatic carbocycles. The van der Waals surface area contributed by atoms with E-state index in [9.17, 15) is 0 Å². The van der Waals surface area contributed by atoms with E-state index in [-0.39, 0.29) is 12.4 Å². The number of nitrogens with one attached hydrogen (secondary N) is 1. The molecule has 0 saturated carbocycles. The van der Waals surface area contributed by atoms with Gasteiger partial charge in [0, 0.05) is 11.6 Å². The van der Waals surface area contributed by atoms with Crippen LogP contribution in [0, 0.1) is 0 Å². The molecule has 0 saturated heterocycles. The van der Waals surface area contributed by atoms with Crippen LogP contribution < -0.4 is 5.73 Å². The van der Waals surface area contributed by atoms with E-state index >= 15 is 0 Å². The normalized spacial score (nSPS) is 10.0. The first kappa shape index (κ1) is 10.5. The fourth-order valence-corrected chi connectivity index (χ4v) is 1.75. The first-order valence-corrected chi connectivity index (χ1v) is 4.16. The smallest absolute Gasteiger partial charge is 0.0718 e. The van der Waals surface area contributed by atoms with Crippen molar-refractivity contribution in [1.29, 1.82) is 0 Å². The van der Waals surface area contributed by atoms with Crippen LogP contribution in [0.2, 0.25) is 10.0 Å². The van der Waals surface area contributed by atoms with Crippen molar-refractivity contribution < 1.29 is 0 Å². The first-order valence-electron chi connectivity index (χ1n) is 3.40. The topological polar surface area (TPSA) is 41.8 Å². The lowest BCUT2D eigenvalue weighted by Gasteiger charge is -1.97. The van der Waals surface area contributed by atoms with Crippen molar-refractivity contribution in [1.82, 2.24) is 4.98 Å². The third-order valence-electron chi connectivity index (χ3n) is 1.77. The zero-order valence-electron chi connectivity index (χ0n) is 6.47. The van der Waals surface area contributed by atoms with Gasteiger partial charge in [0.1, 0.15) is 0 Å². The van der Waals surface area contributed by atoms with Crippen LogP contribution >= 0.6 is 35.6 Å². The summed E-state index contributed by atoms with van der Waals surface area (Å²) in [7, 11) is 0. The van der Waals surface area contributed by atoms with Crippen LogP contribution in [0.1, 0.15) is 0 Å². The van der Waals surface area contributed by atoms with Crippen LogP contribution in [-0.4, -0.2) is 4.98 Å². The Morgan fingerprint density at radius 2 is 1.85 bits per heavy atom. The molecule has 70 valence electrons. The molecule has 0 bridgehead atoms. The lowest BCUT2D eigenvalue weighted by molar-refractivity contribution is 1.48. The average Bonchev–Trinajstić information content (AvgIpc) is 2.42. The highest BCUT2D eigenvalue weighted by molar-refractivity contribution is 6.42. The average molecular weight is 238 g/mol. The van der Waals surface area contributed by atoms with Gasteiger partial charge in [-0.3, -0.25) is 0 Å². The number of rotatable bonds is 0. The summed E-state index contributed by atoms with van der Waals surface area (Å²) in [5, 5.41) is 2.01. The Bertz CT molecular complexity index is 436. The van der Waals surface area contributed by atoms with Crippen molar-refractivity contribution in [3.63, 3.8) is 0 Å². The Hall–Kier alpha value is -0.570. The molecule has 13 heavy (non-hydrogen) atoms. The molecule has 2 aromatic rings. The standard InChI is InChI=1S/C8H6Cl2N2.ClH/c9-4-1-2-6(11)8-7(4)5(10)3-12-8;/h1-3,12H,11H2;1H. The maximum absolute atomic E-state index is 5.92. The van der Waals surface area contributed by atoms with Crippen molar-refractivity contribution in [3.8, 4) is 0 Å². The number of halogens is 3. The molecule has 3 N–H and O–H groups in total. The molecule has 0 aliphatic heterocycles. The van der Waals surface area contributed by atoms with Crippen molar-refractivity contribution >= 4 is 52.2 Å². The predicted octanol–water partition coefficient (Wildman–Crippen LogP) is 3.48. The molecule has 1 aromatic carbocycles. The van der Waals surface area contributed by atoms with Crippen LogP contribution in [0.4, 0.5) is 5.69 Å². The van der Waals surface area contributed by atoms with Crippen LogP contribution in [0.5, 0.6) is 0 Å². The van der Waals surface area contributed by atoms with Crippen molar-refractivity contribution in [2.75, 3.05) is 5.73 Å². The fraction of sp³-hybridized carbons (Fsp3) is 0. The van der Waals surface area contributed by atoms with Gasteiger partial charge in [0.2, 0.25) is 0 Å². The van der Waals surface area contributed by atoms with Gasteiger partial charge >= 0.3 is 0 Å². The molecule has 0 radical (unpaired) electrons. The molecule has 1 heterocycles. The molecule has 0 atom stereocenters. The van der Waals surface area contributed by atoms with E-state index in [4.69, 9.17) is 28.9 Å². The molecular formula is C8H7Cl3N2. The summed E-state index contributed by atoms with van der Waals surface area (Å²) in [6.07, 6.45) is 1.68. The summed E-state index contributed by atoms with van der Waals surface area (Å²) in [5.74, 6) is 0. The van der Waals surface area contributed by atoms with Crippen molar-refractivity contribution in [2.24, 2.45) is 0 Å². The van der Waals surface area contributed by atoms with Gasteiger partial charge in [-0.15, -0.1) is 12.4 Å². The van der Waals surface area contributed by atoms with E-state index in [2.05, 4.69) is 4.98 Å². The summed E-state index contributed by atoms with van der Waals surface area (Å²) in [6.45, 7) is 0. The van der Waals surface area contributed by atoms with Gasteiger partial charge in [0.25, 0.3) is 0 Å². The van der Waals surface area contributed by atoms with Crippen LogP contribution in [0.3, 0.4) is 0 Å². The maximum Gasteiger partial charge on any atom is 0.0718 e. The minimum absolute atomic E-state index is 0. The summed E-state index contributed by atoms with van der Waals surface area (Å²) < 4.78 is 0. The molecule has 5 heteroatoms. The van der Waals surface area contributed by atoms with E-state index < -0.39 is 0 Å². The quantitative estimate of drug-likeness (QED) is 0.677. The van der Waals surface area contributed by atoms with Gasteiger partial charge in [-0.2, -0.15) is 0 Å². The summed E-state index contributed by atoms with van der Waals surface area (Å²) >= 11 is 11.8. The summed E-state index contributed by atoms with van der Waals surface area (Å²) in [4.78, 5) is 2.96. The number of benzene rings is 1. The monoisotopic (exact) mass is 236 g/mol. The second-order valence-electron chi connectivity index (χ2n) is 2.52. The van der Waals surface area contributed by atoms with E-state index in [1.54, 1.807) is 18.3 Å². The van der Waals surface area contributed by atoms with E-state index in [0.717, 1.165) is 10.9 Å². The number of aromatic nitrogens is 1. The third-order valence-corrected chi connectivity index (χ3v) is 2.38. The molecule has 0 unspecified atom stereocenters. The van der Waals surface area contributed by atoms with Gasteiger partial charge in [0.05, 0.1) is 21.2 Å². The van der Waals surface area contributed by atoms with Gasteiger partial charge in [0.15, 0.2) is 0 Å². The number of H-pyrrole nitrogens is 1. The second kappa shape index (κ2) is 3.66. The number of fused-ring (bicyclic) bond motifs is 1. The molecule has 2 rings (SSSR count). The first-order chi connectivity index (χ1) is 5.70. The van der Waals surface area contributed by atoms with E-state index in [1.807, 2.05) is 0 Å². The van der Waals surface area contributed by atoms with Crippen LogP contribution in [0.15, 0.2) is 18.3 Å². The molecule has 0 spiro atoms. The van der Waals surface area contributed by atoms with Crippen LogP contribution in [-0.2, 0) is 0 Å². The number of hydrogen-bond donors (Lipinski definition) is 2. The minimum Gasteiger partial charge on any atom is -0.397 e. The molecule has 0 amide bonds. The zero-order valence-corrected chi connectivity index (χ0v) is 8.80. The highest BCUT2D eigenvalue weighted by Crippen LogP contribution is 2.32. The van der Waals surface area contributed by atoms with Crippen molar-refractivity contribution in [2.45, 2.75) is 0 Å². The van der Waals surface area contributed by atoms with E-state index in [1.165, 1.54) is 0 Å². The summed E-state index contributed by atoms with van der Waals surface area (Å²) in [5.41, 5.74) is 7.14. The Kier molecular flexibility index (Phi) is 2.96. The Morgan fingerprint density at radius 3 is 2.46 bits per heavy atom. The van der Waals surface area contributed by atoms with E-state index in [0.29, 0.717) is 15.7 Å². The molecular weight excluding hydrogens is 230 g/mol. The van der Waals surface area contributed by atoms with Crippen molar-refractivity contribution in [3.05, 3.63) is 28.4 Å². The molecule has 2 nitrogen and oxygen atoms in total. The van der Waals surface area contributed by atoms with Crippen LogP contribution in [0.25, 0.3) is 10.9 Å². The summed E-state index contributed by atoms with van der Waals surface area (Å²) in [6, 6.07) is 3.48. The maximum atomic E-state index is 5.92. The van der Waals surface area contributed by atoms with Gasteiger partial charge in [-0.1, -0.05) is 23.2 Å². The number of aromatic amines is 1. The lowest BCUT2D eigenvalue weighted by Crippen LogP contribution is -1.85. The fourth-order valence-electron chi connectivity index (χ4n) is 1.19. The number of hydrogen-bond acceptors (Lipinski definition) is 1. The highest BCUT2D eigenvalue weighted by Gasteiger charge is 2.07. The van der Waals surface area contributed by atoms with Gasteiger partial charge in [-0.25, -0.2) is 0 Å². The second-order valence-corrected chi connectivity index (χ2v) is 3.34. The van der Waals surface area contributed by atoms with Gasteiger partial charge < -0.3 is 10.7 Å². The third kappa shape index (κ3) is 1.57. The Morgan fingerprint density at radius 1 is 1.15 bits per heavy atom. The highest BCUT2D eigenvalue weighted by atomic mass is 35.5. The SMILES string of the molecule is Cl.Nc1ccc(Cl)c2c(Cl)c[nH]c12. The Labute approximate surface area is 91.4 Å².